The topological polar surface area (TPSA) is 35.8 Å². The molecule has 4 heteroatoms. The summed E-state index contributed by atoms with van der Waals surface area (Å²) in [5.41, 5.74) is 2.04. The van der Waals surface area contributed by atoms with Gasteiger partial charge in [-0.1, -0.05) is 6.07 Å². The van der Waals surface area contributed by atoms with Gasteiger partial charge in [0.15, 0.2) is 0 Å². The first-order valence-corrected chi connectivity index (χ1v) is 5.78. The normalized spacial score (nSPS) is 10.0. The second-order valence-electron chi connectivity index (χ2n) is 4.25. The minimum Gasteiger partial charge on any atom is -0.379 e. The summed E-state index contributed by atoms with van der Waals surface area (Å²) in [6.45, 7) is 1.99. The van der Waals surface area contributed by atoms with Gasteiger partial charge in [0, 0.05) is 6.54 Å². The maximum Gasteiger partial charge on any atom is 0.146 e. The van der Waals surface area contributed by atoms with E-state index in [1.165, 1.54) is 24.3 Å². The van der Waals surface area contributed by atoms with E-state index in [1.54, 1.807) is 19.1 Å². The van der Waals surface area contributed by atoms with E-state index in [9.17, 15) is 8.78 Å². The molecule has 0 radical (unpaired) electrons. The van der Waals surface area contributed by atoms with Crippen LogP contribution in [0.5, 0.6) is 0 Å². The summed E-state index contributed by atoms with van der Waals surface area (Å²) in [6.07, 6.45) is 0. The molecule has 0 amide bonds. The monoisotopic (exact) mass is 258 g/mol. The Bertz CT molecular complexity index is 645. The van der Waals surface area contributed by atoms with Crippen LogP contribution in [0.25, 0.3) is 0 Å². The van der Waals surface area contributed by atoms with Crippen molar-refractivity contribution >= 4 is 5.69 Å². The zero-order valence-electron chi connectivity index (χ0n) is 10.4. The van der Waals surface area contributed by atoms with Gasteiger partial charge in [0.2, 0.25) is 0 Å². The Labute approximate surface area is 110 Å². The van der Waals surface area contributed by atoms with E-state index < -0.39 is 5.82 Å². The maximum atomic E-state index is 13.6. The largest absolute Gasteiger partial charge is 0.379 e. The van der Waals surface area contributed by atoms with Crippen molar-refractivity contribution in [1.82, 2.24) is 0 Å². The molecule has 2 aromatic carbocycles. The van der Waals surface area contributed by atoms with E-state index in [2.05, 4.69) is 5.32 Å². The van der Waals surface area contributed by atoms with E-state index in [4.69, 9.17) is 5.26 Å². The van der Waals surface area contributed by atoms with Gasteiger partial charge in [-0.15, -0.1) is 0 Å². The average molecular weight is 258 g/mol. The lowest BCUT2D eigenvalue weighted by atomic mass is 10.1. The number of halogens is 2. The van der Waals surface area contributed by atoms with Crippen LogP contribution in [0.15, 0.2) is 36.4 Å². The Morgan fingerprint density at radius 1 is 1.16 bits per heavy atom. The summed E-state index contributed by atoms with van der Waals surface area (Å²) < 4.78 is 26.7. The van der Waals surface area contributed by atoms with Crippen LogP contribution >= 0.6 is 0 Å². The average Bonchev–Trinajstić information content (AvgIpc) is 2.38. The van der Waals surface area contributed by atoms with Crippen molar-refractivity contribution in [2.45, 2.75) is 13.5 Å². The zero-order chi connectivity index (χ0) is 13.8. The lowest BCUT2D eigenvalue weighted by molar-refractivity contribution is 0.624. The molecule has 0 bridgehead atoms. The van der Waals surface area contributed by atoms with Crippen molar-refractivity contribution in [2.75, 3.05) is 5.32 Å². The van der Waals surface area contributed by atoms with E-state index in [1.807, 2.05) is 6.07 Å². The number of anilines is 1. The van der Waals surface area contributed by atoms with Crippen LogP contribution in [0.1, 0.15) is 16.7 Å². The summed E-state index contributed by atoms with van der Waals surface area (Å²) in [5.74, 6) is -0.782. The first-order chi connectivity index (χ1) is 9.10. The first kappa shape index (κ1) is 13.0. The molecule has 0 unspecified atom stereocenters. The SMILES string of the molecule is Cc1ccc(NCc2cc(F)ccc2C#N)c(F)c1. The molecular formula is C15H12F2N2. The molecule has 0 atom stereocenters. The third-order valence-corrected chi connectivity index (χ3v) is 2.78. The maximum absolute atomic E-state index is 13.6. The highest BCUT2D eigenvalue weighted by molar-refractivity contribution is 5.48. The fourth-order valence-electron chi connectivity index (χ4n) is 1.77. The number of aryl methyl sites for hydroxylation is 1. The first-order valence-electron chi connectivity index (χ1n) is 5.78. The van der Waals surface area contributed by atoms with Crippen molar-refractivity contribution in [2.24, 2.45) is 0 Å². The second-order valence-corrected chi connectivity index (χ2v) is 4.25. The Balaban J connectivity index is 2.19. The second kappa shape index (κ2) is 5.49. The van der Waals surface area contributed by atoms with E-state index in [0.29, 0.717) is 16.8 Å². The predicted molar refractivity (Wildman–Crippen MR) is 69.6 cm³/mol. The highest BCUT2D eigenvalue weighted by Gasteiger charge is 2.06. The van der Waals surface area contributed by atoms with Gasteiger partial charge in [-0.25, -0.2) is 8.78 Å². The van der Waals surface area contributed by atoms with Crippen LogP contribution in [-0.2, 0) is 6.54 Å². The molecule has 0 spiro atoms. The molecule has 0 aromatic heterocycles. The van der Waals surface area contributed by atoms with Gasteiger partial charge in [-0.3, -0.25) is 0 Å². The molecule has 1 N–H and O–H groups in total. The number of rotatable bonds is 3. The molecule has 0 saturated heterocycles. The molecule has 0 aliphatic carbocycles. The number of nitrogens with zero attached hydrogens (tertiary/aromatic N) is 1. The van der Waals surface area contributed by atoms with Crippen LogP contribution in [0.3, 0.4) is 0 Å². The number of nitrogens with one attached hydrogen (secondary N) is 1. The summed E-state index contributed by atoms with van der Waals surface area (Å²) in [6, 6.07) is 10.7. The van der Waals surface area contributed by atoms with Gasteiger partial charge >= 0.3 is 0 Å². The van der Waals surface area contributed by atoms with Gasteiger partial charge in [0.05, 0.1) is 17.3 Å². The minimum absolute atomic E-state index is 0.195. The Kier molecular flexibility index (Phi) is 3.76. The predicted octanol–water partition coefficient (Wildman–Crippen LogP) is 3.76. The smallest absolute Gasteiger partial charge is 0.146 e. The minimum atomic E-state index is -0.417. The van der Waals surface area contributed by atoms with Crippen molar-refractivity contribution in [3.63, 3.8) is 0 Å². The number of nitriles is 1. The molecule has 0 aliphatic heterocycles. The molecule has 0 fully saturated rings. The van der Waals surface area contributed by atoms with E-state index in [-0.39, 0.29) is 12.4 Å². The fraction of sp³-hybridized carbons (Fsp3) is 0.133. The van der Waals surface area contributed by atoms with Crippen LogP contribution in [0.4, 0.5) is 14.5 Å². The Morgan fingerprint density at radius 3 is 2.63 bits per heavy atom. The molecule has 2 nitrogen and oxygen atoms in total. The van der Waals surface area contributed by atoms with Crippen molar-refractivity contribution in [1.29, 1.82) is 5.26 Å². The Morgan fingerprint density at radius 2 is 1.95 bits per heavy atom. The number of hydrogen-bond donors (Lipinski definition) is 1. The highest BCUT2D eigenvalue weighted by atomic mass is 19.1. The van der Waals surface area contributed by atoms with Crippen molar-refractivity contribution in [3.8, 4) is 6.07 Å². The Hall–Kier alpha value is -2.41. The fourth-order valence-corrected chi connectivity index (χ4v) is 1.77. The number of hydrogen-bond acceptors (Lipinski definition) is 2. The summed E-state index contributed by atoms with van der Waals surface area (Å²) in [4.78, 5) is 0. The van der Waals surface area contributed by atoms with Gasteiger partial charge in [0.25, 0.3) is 0 Å². The van der Waals surface area contributed by atoms with Crippen LogP contribution in [0.2, 0.25) is 0 Å². The van der Waals surface area contributed by atoms with Gasteiger partial charge < -0.3 is 5.32 Å². The molecule has 2 rings (SSSR count). The summed E-state index contributed by atoms with van der Waals surface area (Å²) in [7, 11) is 0. The van der Waals surface area contributed by atoms with Gasteiger partial charge in [-0.05, 0) is 48.4 Å². The van der Waals surface area contributed by atoms with Gasteiger partial charge in [0.1, 0.15) is 11.6 Å². The highest BCUT2D eigenvalue weighted by Crippen LogP contribution is 2.18. The summed E-state index contributed by atoms with van der Waals surface area (Å²) in [5, 5.41) is 11.8. The summed E-state index contributed by atoms with van der Waals surface area (Å²) >= 11 is 0. The van der Waals surface area contributed by atoms with Crippen LogP contribution < -0.4 is 5.32 Å². The third-order valence-electron chi connectivity index (χ3n) is 2.78. The molecular weight excluding hydrogens is 246 g/mol. The molecule has 96 valence electrons. The third kappa shape index (κ3) is 3.08. The molecule has 0 aliphatic rings. The lowest BCUT2D eigenvalue weighted by Crippen LogP contribution is -2.04. The van der Waals surface area contributed by atoms with E-state index in [0.717, 1.165) is 5.56 Å². The zero-order valence-corrected chi connectivity index (χ0v) is 10.4. The molecule has 19 heavy (non-hydrogen) atoms. The quantitative estimate of drug-likeness (QED) is 0.909. The standard InChI is InChI=1S/C15H12F2N2/c1-10-2-5-15(14(17)6-10)19-9-12-7-13(16)4-3-11(12)8-18/h2-7,19H,9H2,1H3. The van der Waals surface area contributed by atoms with Crippen LogP contribution in [0, 0.1) is 29.9 Å². The molecule has 0 saturated carbocycles. The lowest BCUT2D eigenvalue weighted by Gasteiger charge is -2.09. The number of benzene rings is 2. The molecule has 0 heterocycles. The van der Waals surface area contributed by atoms with E-state index >= 15 is 0 Å². The van der Waals surface area contributed by atoms with Crippen LogP contribution in [-0.4, -0.2) is 0 Å². The van der Waals surface area contributed by atoms with Crippen molar-refractivity contribution < 1.29 is 8.78 Å². The van der Waals surface area contributed by atoms with Crippen molar-refractivity contribution in [3.05, 3.63) is 64.7 Å². The van der Waals surface area contributed by atoms with Gasteiger partial charge in [-0.2, -0.15) is 5.26 Å². The molecule has 2 aromatic rings.